The van der Waals surface area contributed by atoms with Crippen LogP contribution in [-0.2, 0) is 6.42 Å². The summed E-state index contributed by atoms with van der Waals surface area (Å²) in [5.41, 5.74) is 6.23. The smallest absolute Gasteiger partial charge is 0.0702 e. The second kappa shape index (κ2) is 6.37. The molecule has 0 unspecified atom stereocenters. The van der Waals surface area contributed by atoms with Crippen LogP contribution in [-0.4, -0.2) is 4.98 Å². The Labute approximate surface area is 139 Å². The van der Waals surface area contributed by atoms with Crippen molar-refractivity contribution in [3.63, 3.8) is 0 Å². The second-order valence-electron chi connectivity index (χ2n) is 7.24. The van der Waals surface area contributed by atoms with Crippen molar-refractivity contribution in [2.75, 3.05) is 0 Å². The van der Waals surface area contributed by atoms with E-state index in [1.807, 2.05) is 12.3 Å². The minimum Gasteiger partial charge on any atom is -0.256 e. The van der Waals surface area contributed by atoms with Crippen LogP contribution >= 0.6 is 0 Å². The van der Waals surface area contributed by atoms with Crippen molar-refractivity contribution in [1.82, 2.24) is 4.98 Å². The van der Waals surface area contributed by atoms with Gasteiger partial charge in [0, 0.05) is 11.8 Å². The molecule has 0 bridgehead atoms. The molecule has 116 valence electrons. The van der Waals surface area contributed by atoms with Gasteiger partial charge in [-0.3, -0.25) is 4.98 Å². The lowest BCUT2D eigenvalue weighted by molar-refractivity contribution is 0.411. The highest BCUT2D eigenvalue weighted by atomic mass is 14.7. The quantitative estimate of drug-likeness (QED) is 0.577. The molecule has 1 aromatic heterocycles. The van der Waals surface area contributed by atoms with Crippen molar-refractivity contribution in [3.8, 4) is 22.4 Å². The summed E-state index contributed by atoms with van der Waals surface area (Å²) in [6.07, 6.45) is 3.06. The van der Waals surface area contributed by atoms with Crippen molar-refractivity contribution in [2.45, 2.75) is 27.2 Å². The van der Waals surface area contributed by atoms with E-state index in [4.69, 9.17) is 0 Å². The predicted molar refractivity (Wildman–Crippen MR) is 98.3 cm³/mol. The van der Waals surface area contributed by atoms with Crippen molar-refractivity contribution < 1.29 is 0 Å². The van der Waals surface area contributed by atoms with Crippen LogP contribution in [0.5, 0.6) is 0 Å². The number of hydrogen-bond acceptors (Lipinski definition) is 1. The molecule has 23 heavy (non-hydrogen) atoms. The highest BCUT2D eigenvalue weighted by Crippen LogP contribution is 2.26. The third-order valence-electron chi connectivity index (χ3n) is 3.82. The summed E-state index contributed by atoms with van der Waals surface area (Å²) in [7, 11) is 0. The summed E-state index contributed by atoms with van der Waals surface area (Å²) in [5.74, 6) is 0. The first kappa shape index (κ1) is 15.5. The first-order valence-corrected chi connectivity index (χ1v) is 8.12. The molecule has 3 aromatic rings. The third-order valence-corrected chi connectivity index (χ3v) is 3.82. The lowest BCUT2D eigenvalue weighted by Crippen LogP contribution is -2.09. The largest absolute Gasteiger partial charge is 0.256 e. The molecule has 3 rings (SSSR count). The predicted octanol–water partition coefficient (Wildman–Crippen LogP) is 6.00. The number of benzene rings is 2. The van der Waals surface area contributed by atoms with Gasteiger partial charge in [-0.05, 0) is 40.7 Å². The van der Waals surface area contributed by atoms with E-state index in [2.05, 4.69) is 86.4 Å². The Morgan fingerprint density at radius 1 is 0.739 bits per heavy atom. The molecule has 0 fully saturated rings. The number of nitrogens with zero attached hydrogens (tertiary/aromatic N) is 1. The molecule has 1 heteroatoms. The maximum atomic E-state index is 4.67. The van der Waals surface area contributed by atoms with Crippen LogP contribution in [0, 0.1) is 5.41 Å². The molecular formula is C22H23N. The zero-order valence-electron chi connectivity index (χ0n) is 14.1. The molecule has 1 heterocycles. The van der Waals surface area contributed by atoms with Gasteiger partial charge in [0.05, 0.1) is 5.69 Å². The van der Waals surface area contributed by atoms with Crippen LogP contribution in [0.3, 0.4) is 0 Å². The Hall–Kier alpha value is -2.41. The number of hydrogen-bond donors (Lipinski definition) is 0. The Morgan fingerprint density at radius 3 is 2.09 bits per heavy atom. The molecule has 2 aromatic carbocycles. The topological polar surface area (TPSA) is 12.9 Å². The van der Waals surface area contributed by atoms with E-state index in [0.717, 1.165) is 17.7 Å². The SMILES string of the molecule is CC(C)(C)Cc1ccc(-c2cccc(-c3ccccc3)c2)nc1. The molecular weight excluding hydrogens is 278 g/mol. The molecule has 0 saturated heterocycles. The molecule has 0 aliphatic heterocycles. The van der Waals surface area contributed by atoms with Gasteiger partial charge in [0.25, 0.3) is 0 Å². The van der Waals surface area contributed by atoms with Crippen molar-refractivity contribution in [1.29, 1.82) is 0 Å². The summed E-state index contributed by atoms with van der Waals surface area (Å²) >= 11 is 0. The van der Waals surface area contributed by atoms with Gasteiger partial charge in [0.1, 0.15) is 0 Å². The van der Waals surface area contributed by atoms with Crippen LogP contribution in [0.15, 0.2) is 72.9 Å². The molecule has 0 radical (unpaired) electrons. The molecule has 0 spiro atoms. The van der Waals surface area contributed by atoms with Gasteiger partial charge in [-0.15, -0.1) is 0 Å². The Bertz CT molecular complexity index is 765. The van der Waals surface area contributed by atoms with Crippen molar-refractivity contribution in [2.24, 2.45) is 5.41 Å². The van der Waals surface area contributed by atoms with E-state index in [0.29, 0.717) is 0 Å². The van der Waals surface area contributed by atoms with Gasteiger partial charge in [-0.1, -0.05) is 75.4 Å². The molecule has 0 atom stereocenters. The zero-order valence-corrected chi connectivity index (χ0v) is 14.1. The molecule has 0 amide bonds. The molecule has 0 N–H and O–H groups in total. The molecule has 0 aliphatic rings. The Morgan fingerprint density at radius 2 is 1.43 bits per heavy atom. The summed E-state index contributed by atoms with van der Waals surface area (Å²) in [4.78, 5) is 4.67. The van der Waals surface area contributed by atoms with E-state index in [9.17, 15) is 0 Å². The highest BCUT2D eigenvalue weighted by molar-refractivity contribution is 5.71. The van der Waals surface area contributed by atoms with Gasteiger partial charge < -0.3 is 0 Å². The molecule has 0 aliphatic carbocycles. The van der Waals surface area contributed by atoms with Gasteiger partial charge >= 0.3 is 0 Å². The van der Waals surface area contributed by atoms with Gasteiger partial charge in [-0.2, -0.15) is 0 Å². The van der Waals surface area contributed by atoms with E-state index in [1.54, 1.807) is 0 Å². The number of pyridine rings is 1. The van der Waals surface area contributed by atoms with E-state index in [1.165, 1.54) is 16.7 Å². The Balaban J connectivity index is 1.88. The van der Waals surface area contributed by atoms with Crippen molar-refractivity contribution in [3.05, 3.63) is 78.5 Å². The van der Waals surface area contributed by atoms with Crippen LogP contribution in [0.2, 0.25) is 0 Å². The average molecular weight is 301 g/mol. The third kappa shape index (κ3) is 4.07. The highest BCUT2D eigenvalue weighted by Gasteiger charge is 2.11. The lowest BCUT2D eigenvalue weighted by Gasteiger charge is -2.17. The maximum Gasteiger partial charge on any atom is 0.0702 e. The standard InChI is InChI=1S/C22H23N/c1-22(2,3)15-17-12-13-21(23-16-17)20-11-7-10-19(14-20)18-8-5-4-6-9-18/h4-14,16H,15H2,1-3H3. The summed E-state index contributed by atoms with van der Waals surface area (Å²) in [5, 5.41) is 0. The van der Waals surface area contributed by atoms with Crippen LogP contribution in [0.25, 0.3) is 22.4 Å². The van der Waals surface area contributed by atoms with Gasteiger partial charge in [0.2, 0.25) is 0 Å². The minimum absolute atomic E-state index is 0.288. The summed E-state index contributed by atoms with van der Waals surface area (Å²) < 4.78 is 0. The van der Waals surface area contributed by atoms with Crippen LogP contribution in [0.1, 0.15) is 26.3 Å². The molecule has 1 nitrogen and oxygen atoms in total. The average Bonchev–Trinajstić information content (AvgIpc) is 2.55. The second-order valence-corrected chi connectivity index (χ2v) is 7.24. The van der Waals surface area contributed by atoms with Crippen LogP contribution in [0.4, 0.5) is 0 Å². The maximum absolute atomic E-state index is 4.67. The number of aromatic nitrogens is 1. The number of rotatable bonds is 3. The van der Waals surface area contributed by atoms with E-state index >= 15 is 0 Å². The molecule has 0 saturated carbocycles. The van der Waals surface area contributed by atoms with Crippen molar-refractivity contribution >= 4 is 0 Å². The first-order chi connectivity index (χ1) is 11.0. The monoisotopic (exact) mass is 301 g/mol. The minimum atomic E-state index is 0.288. The summed E-state index contributed by atoms with van der Waals surface area (Å²) in [6.45, 7) is 6.76. The summed E-state index contributed by atoms with van der Waals surface area (Å²) in [6, 6.07) is 23.4. The fraction of sp³-hybridized carbons (Fsp3) is 0.227. The van der Waals surface area contributed by atoms with E-state index < -0.39 is 0 Å². The van der Waals surface area contributed by atoms with Gasteiger partial charge in [-0.25, -0.2) is 0 Å². The fourth-order valence-electron chi connectivity index (χ4n) is 2.80. The van der Waals surface area contributed by atoms with E-state index in [-0.39, 0.29) is 5.41 Å². The van der Waals surface area contributed by atoms with Crippen LogP contribution < -0.4 is 0 Å². The zero-order chi connectivity index (χ0) is 16.3. The first-order valence-electron chi connectivity index (χ1n) is 8.12. The lowest BCUT2D eigenvalue weighted by atomic mass is 9.89. The fourth-order valence-corrected chi connectivity index (χ4v) is 2.80. The van der Waals surface area contributed by atoms with Gasteiger partial charge in [0.15, 0.2) is 0 Å². The Kier molecular flexibility index (Phi) is 4.29. The normalized spacial score (nSPS) is 11.4.